The third-order valence-corrected chi connectivity index (χ3v) is 5.80. The van der Waals surface area contributed by atoms with Crippen LogP contribution in [0.3, 0.4) is 0 Å². The molecule has 128 valence electrons. The highest BCUT2D eigenvalue weighted by molar-refractivity contribution is 7.89. The first kappa shape index (κ1) is 17.7. The Balaban J connectivity index is 1.87. The Kier molecular flexibility index (Phi) is 5.95. The van der Waals surface area contributed by atoms with E-state index in [4.69, 9.17) is 5.73 Å². The normalized spacial score (nSPS) is 16.9. The van der Waals surface area contributed by atoms with Gasteiger partial charge in [-0.3, -0.25) is 4.99 Å². The molecule has 0 aromatic heterocycles. The molecule has 0 bridgehead atoms. The number of aliphatic imine (C=N–C) groups is 1. The Labute approximate surface area is 136 Å². The third-order valence-electron chi connectivity index (χ3n) is 3.93. The molecular weight excluding hydrogens is 319 g/mol. The largest absolute Gasteiger partial charge is 0.370 e. The van der Waals surface area contributed by atoms with Crippen molar-refractivity contribution in [3.8, 4) is 0 Å². The molecule has 1 aliphatic rings. The number of rotatable bonds is 6. The zero-order chi connectivity index (χ0) is 16.9. The highest BCUT2D eigenvalue weighted by atomic mass is 32.2. The maximum atomic E-state index is 12.9. The predicted molar refractivity (Wildman–Crippen MR) is 88.1 cm³/mol. The zero-order valence-electron chi connectivity index (χ0n) is 13.2. The van der Waals surface area contributed by atoms with Gasteiger partial charge in [0, 0.05) is 19.6 Å². The van der Waals surface area contributed by atoms with E-state index in [0.717, 1.165) is 25.0 Å². The van der Waals surface area contributed by atoms with E-state index in [0.29, 0.717) is 12.0 Å². The summed E-state index contributed by atoms with van der Waals surface area (Å²) in [6.45, 7) is 0.467. The second kappa shape index (κ2) is 7.74. The van der Waals surface area contributed by atoms with Crippen LogP contribution in [0.1, 0.15) is 25.7 Å². The number of nitrogens with zero attached hydrogens (tertiary/aromatic N) is 2. The van der Waals surface area contributed by atoms with Crippen LogP contribution in [-0.2, 0) is 10.0 Å². The molecule has 0 spiro atoms. The summed E-state index contributed by atoms with van der Waals surface area (Å²) in [5.74, 6) is -0.119. The number of benzene rings is 1. The highest BCUT2D eigenvalue weighted by Gasteiger charge is 2.20. The summed E-state index contributed by atoms with van der Waals surface area (Å²) in [4.78, 5) is 4.22. The van der Waals surface area contributed by atoms with Crippen molar-refractivity contribution in [2.75, 3.05) is 20.1 Å². The summed E-state index contributed by atoms with van der Waals surface area (Å²) < 4.78 is 38.7. The molecule has 0 aliphatic heterocycles. The monoisotopic (exact) mass is 342 g/mol. The van der Waals surface area contributed by atoms with Gasteiger partial charge in [-0.2, -0.15) is 4.31 Å². The van der Waals surface area contributed by atoms with Crippen molar-refractivity contribution in [3.63, 3.8) is 0 Å². The molecule has 0 unspecified atom stereocenters. The molecule has 1 fully saturated rings. The molecule has 6 nitrogen and oxygen atoms in total. The minimum Gasteiger partial charge on any atom is -0.370 e. The molecular formula is C15H23FN4O2S. The van der Waals surface area contributed by atoms with Crippen molar-refractivity contribution < 1.29 is 12.8 Å². The Morgan fingerprint density at radius 1 is 1.35 bits per heavy atom. The van der Waals surface area contributed by atoms with Crippen LogP contribution in [0.2, 0.25) is 0 Å². The Morgan fingerprint density at radius 2 is 1.96 bits per heavy atom. The van der Waals surface area contributed by atoms with Crippen LogP contribution in [0.15, 0.2) is 34.2 Å². The highest BCUT2D eigenvalue weighted by Crippen LogP contribution is 2.17. The van der Waals surface area contributed by atoms with Crippen molar-refractivity contribution in [1.29, 1.82) is 0 Å². The van der Waals surface area contributed by atoms with Crippen molar-refractivity contribution in [2.24, 2.45) is 10.7 Å². The van der Waals surface area contributed by atoms with Crippen LogP contribution >= 0.6 is 0 Å². The van der Waals surface area contributed by atoms with Crippen molar-refractivity contribution in [2.45, 2.75) is 36.6 Å². The average Bonchev–Trinajstić information content (AvgIpc) is 3.00. The van der Waals surface area contributed by atoms with E-state index in [1.165, 1.54) is 36.3 Å². The van der Waals surface area contributed by atoms with Crippen molar-refractivity contribution in [1.82, 2.24) is 9.62 Å². The number of guanidine groups is 1. The SMILES string of the molecule is CN(CCN=C(N)NC1CCCC1)S(=O)(=O)c1ccc(F)cc1. The van der Waals surface area contributed by atoms with Gasteiger partial charge in [0.25, 0.3) is 0 Å². The predicted octanol–water partition coefficient (Wildman–Crippen LogP) is 1.29. The van der Waals surface area contributed by atoms with Crippen molar-refractivity contribution >= 4 is 16.0 Å². The summed E-state index contributed by atoms with van der Waals surface area (Å²) in [5.41, 5.74) is 5.81. The summed E-state index contributed by atoms with van der Waals surface area (Å²) in [6, 6.07) is 5.13. The van der Waals surface area contributed by atoms with Gasteiger partial charge in [-0.05, 0) is 37.1 Å². The summed E-state index contributed by atoms with van der Waals surface area (Å²) in [5, 5.41) is 3.15. The van der Waals surface area contributed by atoms with Crippen LogP contribution in [0.25, 0.3) is 0 Å². The van der Waals surface area contributed by atoms with E-state index >= 15 is 0 Å². The lowest BCUT2D eigenvalue weighted by atomic mass is 10.2. The minimum absolute atomic E-state index is 0.0578. The quantitative estimate of drug-likeness (QED) is 0.602. The van der Waals surface area contributed by atoms with Gasteiger partial charge >= 0.3 is 0 Å². The minimum atomic E-state index is -3.64. The van der Waals surface area contributed by atoms with E-state index in [1.54, 1.807) is 0 Å². The first-order chi connectivity index (χ1) is 10.9. The molecule has 1 aliphatic carbocycles. The first-order valence-electron chi connectivity index (χ1n) is 7.68. The second-order valence-electron chi connectivity index (χ2n) is 5.67. The van der Waals surface area contributed by atoms with Gasteiger partial charge < -0.3 is 11.1 Å². The molecule has 2 rings (SSSR count). The lowest BCUT2D eigenvalue weighted by Crippen LogP contribution is -2.39. The van der Waals surface area contributed by atoms with Crippen LogP contribution < -0.4 is 11.1 Å². The maximum absolute atomic E-state index is 12.9. The summed E-state index contributed by atoms with van der Waals surface area (Å²) in [6.07, 6.45) is 4.58. The zero-order valence-corrected chi connectivity index (χ0v) is 14.0. The number of hydrogen-bond donors (Lipinski definition) is 2. The van der Waals surface area contributed by atoms with E-state index in [1.807, 2.05) is 0 Å². The summed E-state index contributed by atoms with van der Waals surface area (Å²) in [7, 11) is -2.17. The molecule has 1 aromatic carbocycles. The second-order valence-corrected chi connectivity index (χ2v) is 7.72. The van der Waals surface area contributed by atoms with E-state index < -0.39 is 15.8 Å². The van der Waals surface area contributed by atoms with Gasteiger partial charge in [0.2, 0.25) is 10.0 Å². The van der Waals surface area contributed by atoms with Gasteiger partial charge in [-0.25, -0.2) is 12.8 Å². The third kappa shape index (κ3) is 4.90. The van der Waals surface area contributed by atoms with Gasteiger partial charge in [-0.1, -0.05) is 12.8 Å². The molecule has 0 radical (unpaired) electrons. The molecule has 8 heteroatoms. The van der Waals surface area contributed by atoms with Gasteiger partial charge in [0.15, 0.2) is 5.96 Å². The van der Waals surface area contributed by atoms with Crippen LogP contribution in [0.5, 0.6) is 0 Å². The lowest BCUT2D eigenvalue weighted by Gasteiger charge is -2.17. The summed E-state index contributed by atoms with van der Waals surface area (Å²) >= 11 is 0. The smallest absolute Gasteiger partial charge is 0.242 e. The van der Waals surface area contributed by atoms with Crippen LogP contribution in [0, 0.1) is 5.82 Å². The topological polar surface area (TPSA) is 87.8 Å². The maximum Gasteiger partial charge on any atom is 0.242 e. The molecule has 1 saturated carbocycles. The number of sulfonamides is 1. The Hall–Kier alpha value is -1.67. The molecule has 0 atom stereocenters. The number of nitrogens with two attached hydrogens (primary N) is 1. The van der Waals surface area contributed by atoms with E-state index in [2.05, 4.69) is 10.3 Å². The van der Waals surface area contributed by atoms with E-state index in [-0.39, 0.29) is 18.0 Å². The van der Waals surface area contributed by atoms with E-state index in [9.17, 15) is 12.8 Å². The van der Waals surface area contributed by atoms with Crippen molar-refractivity contribution in [3.05, 3.63) is 30.1 Å². The van der Waals surface area contributed by atoms with Gasteiger partial charge in [-0.15, -0.1) is 0 Å². The van der Waals surface area contributed by atoms with Crippen LogP contribution in [-0.4, -0.2) is 44.9 Å². The standard InChI is InChI=1S/C15H23FN4O2S/c1-20(23(21,22)14-8-6-12(16)7-9-14)11-10-18-15(17)19-13-4-2-3-5-13/h6-9,13H,2-5,10-11H2,1H3,(H3,17,18,19). The molecule has 0 heterocycles. The van der Waals surface area contributed by atoms with Gasteiger partial charge in [0.05, 0.1) is 11.4 Å². The number of halogens is 1. The van der Waals surface area contributed by atoms with Gasteiger partial charge in [0.1, 0.15) is 5.82 Å². The number of nitrogens with one attached hydrogen (secondary N) is 1. The fraction of sp³-hybridized carbons (Fsp3) is 0.533. The number of likely N-dealkylation sites (N-methyl/N-ethyl adjacent to an activating group) is 1. The molecule has 0 saturated heterocycles. The first-order valence-corrected chi connectivity index (χ1v) is 9.12. The molecule has 0 amide bonds. The number of hydrogen-bond acceptors (Lipinski definition) is 3. The average molecular weight is 342 g/mol. The Bertz CT molecular complexity index is 640. The lowest BCUT2D eigenvalue weighted by molar-refractivity contribution is 0.476. The van der Waals surface area contributed by atoms with Crippen LogP contribution in [0.4, 0.5) is 4.39 Å². The molecule has 3 N–H and O–H groups in total. The fourth-order valence-corrected chi connectivity index (χ4v) is 3.70. The fourth-order valence-electron chi connectivity index (χ4n) is 2.54. The molecule has 23 heavy (non-hydrogen) atoms. The Morgan fingerprint density at radius 3 is 2.57 bits per heavy atom. The molecule has 1 aromatic rings.